The topological polar surface area (TPSA) is 113 Å². The zero-order valence-electron chi connectivity index (χ0n) is 17.8. The van der Waals surface area contributed by atoms with Crippen LogP contribution in [0.1, 0.15) is 28.4 Å². The van der Waals surface area contributed by atoms with Crippen molar-refractivity contribution in [3.05, 3.63) is 99.8 Å². The van der Waals surface area contributed by atoms with Crippen molar-refractivity contribution < 1.29 is 26.9 Å². The van der Waals surface area contributed by atoms with Crippen LogP contribution in [0, 0.1) is 0 Å². The number of urea groups is 1. The quantitative estimate of drug-likeness (QED) is 0.338. The molecule has 35 heavy (non-hydrogen) atoms. The van der Waals surface area contributed by atoms with Gasteiger partial charge in [0.05, 0.1) is 17.3 Å². The molecule has 2 aromatic heterocycles. The lowest BCUT2D eigenvalue weighted by Crippen LogP contribution is -2.34. The lowest BCUT2D eigenvalue weighted by molar-refractivity contribution is -0.138. The predicted octanol–water partition coefficient (Wildman–Crippen LogP) is 4.82. The van der Waals surface area contributed by atoms with E-state index >= 15 is 0 Å². The Morgan fingerprint density at radius 1 is 1.06 bits per heavy atom. The second-order valence-electron chi connectivity index (χ2n) is 7.36. The van der Waals surface area contributed by atoms with Crippen LogP contribution in [0.4, 0.5) is 28.0 Å². The minimum atomic E-state index is -4.71. The molecule has 180 valence electrons. The minimum absolute atomic E-state index is 0.192. The first-order valence-corrected chi connectivity index (χ1v) is 10.2. The number of nitrogens with zero attached hydrogens (tertiary/aromatic N) is 2. The number of H-pyrrole nitrogens is 1. The van der Waals surface area contributed by atoms with E-state index in [1.54, 1.807) is 12.1 Å². The van der Waals surface area contributed by atoms with Crippen molar-refractivity contribution in [2.24, 2.45) is 0 Å². The summed E-state index contributed by atoms with van der Waals surface area (Å²) in [6.07, 6.45) is -3.52. The number of carbonyl (C=O) groups is 1. The molecule has 12 heteroatoms. The molecule has 3 N–H and O–H groups in total. The Balaban J connectivity index is 1.60. The molecule has 2 heterocycles. The number of aromatic nitrogens is 3. The molecule has 0 fully saturated rings. The fourth-order valence-corrected chi connectivity index (χ4v) is 3.36. The lowest BCUT2D eigenvalue weighted by atomic mass is 9.98. The van der Waals surface area contributed by atoms with E-state index in [9.17, 15) is 27.2 Å². The van der Waals surface area contributed by atoms with Gasteiger partial charge in [0.1, 0.15) is 6.67 Å². The zero-order valence-corrected chi connectivity index (χ0v) is 17.8. The molecule has 0 bridgehead atoms. The summed E-state index contributed by atoms with van der Waals surface area (Å²) >= 11 is 0. The first kappa shape index (κ1) is 23.7. The second kappa shape index (κ2) is 9.79. The fraction of sp³-hybridized carbons (Fsp3) is 0.130. The molecule has 0 unspecified atom stereocenters. The normalized spacial score (nSPS) is 12.2. The van der Waals surface area contributed by atoms with Gasteiger partial charge in [-0.3, -0.25) is 14.5 Å². The SMILES string of the molecule is O=C(Nc1ccc(-c2noc(=O)[nH]2)cc1)N[C@@H](c1ccc(CF)cc1)c1ncccc1C(F)(F)F. The summed E-state index contributed by atoms with van der Waals surface area (Å²) in [6, 6.07) is 11.8. The minimum Gasteiger partial charge on any atom is -0.325 e. The maximum atomic E-state index is 13.7. The van der Waals surface area contributed by atoms with Crippen molar-refractivity contribution in [3.8, 4) is 11.4 Å². The van der Waals surface area contributed by atoms with Crippen molar-refractivity contribution in [2.45, 2.75) is 18.9 Å². The van der Waals surface area contributed by atoms with Gasteiger partial charge in [-0.15, -0.1) is 0 Å². The van der Waals surface area contributed by atoms with Crippen LogP contribution < -0.4 is 16.4 Å². The summed E-state index contributed by atoms with van der Waals surface area (Å²) in [5, 5.41) is 8.62. The number of aromatic amines is 1. The molecular formula is C23H17F4N5O3. The molecule has 4 aromatic rings. The zero-order chi connectivity index (χ0) is 25.0. The molecule has 1 atom stereocenters. The molecule has 0 saturated carbocycles. The van der Waals surface area contributed by atoms with Gasteiger partial charge < -0.3 is 10.6 Å². The maximum Gasteiger partial charge on any atom is 0.439 e. The molecule has 0 saturated heterocycles. The van der Waals surface area contributed by atoms with Crippen LogP contribution in [0.2, 0.25) is 0 Å². The van der Waals surface area contributed by atoms with E-state index in [4.69, 9.17) is 0 Å². The number of nitrogens with one attached hydrogen (secondary N) is 3. The van der Waals surface area contributed by atoms with Gasteiger partial charge in [0.25, 0.3) is 0 Å². The number of rotatable bonds is 6. The van der Waals surface area contributed by atoms with Crippen LogP contribution >= 0.6 is 0 Å². The molecule has 2 aromatic carbocycles. The Morgan fingerprint density at radius 2 is 1.77 bits per heavy atom. The molecule has 0 aliphatic rings. The lowest BCUT2D eigenvalue weighted by Gasteiger charge is -2.22. The number of halogens is 4. The van der Waals surface area contributed by atoms with E-state index in [1.807, 2.05) is 0 Å². The highest BCUT2D eigenvalue weighted by atomic mass is 19.4. The van der Waals surface area contributed by atoms with E-state index in [0.29, 0.717) is 16.8 Å². The van der Waals surface area contributed by atoms with Gasteiger partial charge in [0.2, 0.25) is 0 Å². The van der Waals surface area contributed by atoms with Crippen molar-refractivity contribution in [3.63, 3.8) is 0 Å². The van der Waals surface area contributed by atoms with Gasteiger partial charge >= 0.3 is 18.0 Å². The van der Waals surface area contributed by atoms with E-state index in [1.165, 1.54) is 42.6 Å². The molecule has 0 radical (unpaired) electrons. The number of benzene rings is 2. The molecule has 8 nitrogen and oxygen atoms in total. The van der Waals surface area contributed by atoms with E-state index < -0.39 is 41.9 Å². The Hall–Kier alpha value is -4.48. The fourth-order valence-electron chi connectivity index (χ4n) is 3.36. The maximum absolute atomic E-state index is 13.7. The Kier molecular flexibility index (Phi) is 6.62. The second-order valence-corrected chi connectivity index (χ2v) is 7.36. The Bertz CT molecular complexity index is 1370. The van der Waals surface area contributed by atoms with Crippen molar-refractivity contribution in [2.75, 3.05) is 5.32 Å². The number of hydrogen-bond donors (Lipinski definition) is 3. The molecular weight excluding hydrogens is 470 g/mol. The van der Waals surface area contributed by atoms with Crippen LogP contribution in [-0.2, 0) is 12.9 Å². The van der Waals surface area contributed by atoms with Gasteiger partial charge in [-0.2, -0.15) is 13.2 Å². The van der Waals surface area contributed by atoms with E-state index in [-0.39, 0.29) is 11.4 Å². The van der Waals surface area contributed by atoms with Gasteiger partial charge in [-0.05, 0) is 47.5 Å². The number of amides is 2. The number of hydrogen-bond acceptors (Lipinski definition) is 5. The summed E-state index contributed by atoms with van der Waals surface area (Å²) in [5.41, 5.74) is 0.0328. The number of anilines is 1. The number of carbonyl (C=O) groups excluding carboxylic acids is 1. The summed E-state index contributed by atoms with van der Waals surface area (Å²) in [7, 11) is 0. The summed E-state index contributed by atoms with van der Waals surface area (Å²) in [4.78, 5) is 30.1. The van der Waals surface area contributed by atoms with Crippen LogP contribution in [0.25, 0.3) is 11.4 Å². The molecule has 0 aliphatic carbocycles. The standard InChI is InChI=1S/C23H17F4N5O3/c24-12-13-3-5-14(6-4-13)18(19-17(23(25,26)27)2-1-11-28-19)30-21(33)29-16-9-7-15(8-10-16)20-31-22(34)35-32-20/h1-11,18H,12H2,(H2,29,30,33)(H,31,32,34)/t18-/m0/s1. The summed E-state index contributed by atoms with van der Waals surface area (Å²) in [5.74, 6) is -0.530. The molecule has 0 spiro atoms. The van der Waals surface area contributed by atoms with Gasteiger partial charge in [-0.25, -0.2) is 14.0 Å². The predicted molar refractivity (Wildman–Crippen MR) is 117 cm³/mol. The van der Waals surface area contributed by atoms with Gasteiger partial charge in [-0.1, -0.05) is 29.4 Å². The third-order valence-corrected chi connectivity index (χ3v) is 5.02. The average Bonchev–Trinajstić information content (AvgIpc) is 3.29. The average molecular weight is 487 g/mol. The third kappa shape index (κ3) is 5.54. The van der Waals surface area contributed by atoms with Crippen LogP contribution in [0.15, 0.2) is 76.2 Å². The summed E-state index contributed by atoms with van der Waals surface area (Å²) in [6.45, 7) is -0.742. The van der Waals surface area contributed by atoms with Crippen molar-refractivity contribution >= 4 is 11.7 Å². The Morgan fingerprint density at radius 3 is 2.37 bits per heavy atom. The highest BCUT2D eigenvalue weighted by Crippen LogP contribution is 2.35. The van der Waals surface area contributed by atoms with Crippen LogP contribution in [0.5, 0.6) is 0 Å². The van der Waals surface area contributed by atoms with Crippen LogP contribution in [0.3, 0.4) is 0 Å². The number of alkyl halides is 4. The molecule has 2 amide bonds. The Labute approximate surface area is 195 Å². The van der Waals surface area contributed by atoms with E-state index in [0.717, 1.165) is 12.1 Å². The molecule has 4 rings (SSSR count). The first-order valence-electron chi connectivity index (χ1n) is 10.2. The van der Waals surface area contributed by atoms with Gasteiger partial charge in [0, 0.05) is 17.4 Å². The van der Waals surface area contributed by atoms with Crippen LogP contribution in [-0.4, -0.2) is 21.2 Å². The smallest absolute Gasteiger partial charge is 0.325 e. The molecule has 0 aliphatic heterocycles. The van der Waals surface area contributed by atoms with Crippen molar-refractivity contribution in [1.29, 1.82) is 0 Å². The third-order valence-electron chi connectivity index (χ3n) is 5.02. The van der Waals surface area contributed by atoms with Gasteiger partial charge in [0.15, 0.2) is 5.82 Å². The highest BCUT2D eigenvalue weighted by molar-refractivity contribution is 5.90. The number of pyridine rings is 1. The first-order chi connectivity index (χ1) is 16.7. The summed E-state index contributed by atoms with van der Waals surface area (Å²) < 4.78 is 58.3. The van der Waals surface area contributed by atoms with Crippen molar-refractivity contribution in [1.82, 2.24) is 20.4 Å². The highest BCUT2D eigenvalue weighted by Gasteiger charge is 2.37. The monoisotopic (exact) mass is 487 g/mol. The van der Waals surface area contributed by atoms with E-state index in [2.05, 4.69) is 30.3 Å². The largest absolute Gasteiger partial charge is 0.439 e.